The lowest BCUT2D eigenvalue weighted by atomic mass is 9.96. The van der Waals surface area contributed by atoms with Gasteiger partial charge in [0.1, 0.15) is 5.01 Å². The zero-order valence-corrected chi connectivity index (χ0v) is 12.8. The zero-order valence-electron chi connectivity index (χ0n) is 11.9. The molecule has 1 aromatic heterocycles. The van der Waals surface area contributed by atoms with Gasteiger partial charge in [-0.15, -0.1) is 11.3 Å². The van der Waals surface area contributed by atoms with Gasteiger partial charge in [0.2, 0.25) is 0 Å². The van der Waals surface area contributed by atoms with E-state index in [1.165, 1.54) is 24.4 Å². The topological polar surface area (TPSA) is 28.2 Å². The van der Waals surface area contributed by atoms with E-state index in [1.807, 2.05) is 0 Å². The van der Waals surface area contributed by atoms with E-state index in [2.05, 4.69) is 48.3 Å². The number of hydrogen-bond acceptors (Lipinski definition) is 4. The molecule has 0 bridgehead atoms. The predicted molar refractivity (Wildman–Crippen MR) is 78.1 cm³/mol. The minimum absolute atomic E-state index is 0.460. The Labute approximate surface area is 115 Å². The number of rotatable bonds is 4. The Morgan fingerprint density at radius 3 is 2.94 bits per heavy atom. The summed E-state index contributed by atoms with van der Waals surface area (Å²) in [5.41, 5.74) is 1.15. The number of nitrogens with one attached hydrogen (secondary N) is 1. The first-order chi connectivity index (χ1) is 8.61. The summed E-state index contributed by atoms with van der Waals surface area (Å²) in [4.78, 5) is 7.24. The molecule has 1 aromatic rings. The monoisotopic (exact) mass is 267 g/mol. The molecule has 2 rings (SSSR count). The van der Waals surface area contributed by atoms with E-state index < -0.39 is 0 Å². The van der Waals surface area contributed by atoms with E-state index in [0.29, 0.717) is 18.1 Å². The maximum absolute atomic E-state index is 4.64. The molecule has 3 unspecified atom stereocenters. The Hall–Kier alpha value is -0.450. The van der Waals surface area contributed by atoms with Gasteiger partial charge in [-0.1, -0.05) is 6.92 Å². The third-order valence-corrected chi connectivity index (χ3v) is 5.04. The number of likely N-dealkylation sites (tertiary alicyclic amines) is 1. The molecule has 0 saturated carbocycles. The van der Waals surface area contributed by atoms with Gasteiger partial charge in [0.25, 0.3) is 0 Å². The Morgan fingerprint density at radius 1 is 1.61 bits per heavy atom. The molecule has 0 amide bonds. The van der Waals surface area contributed by atoms with Crippen LogP contribution in [0.3, 0.4) is 0 Å². The minimum Gasteiger partial charge on any atom is -0.314 e. The second-order valence-corrected chi connectivity index (χ2v) is 6.26. The molecule has 18 heavy (non-hydrogen) atoms. The van der Waals surface area contributed by atoms with Crippen LogP contribution >= 0.6 is 11.3 Å². The van der Waals surface area contributed by atoms with E-state index in [0.717, 1.165) is 12.2 Å². The van der Waals surface area contributed by atoms with Gasteiger partial charge in [0.05, 0.1) is 6.04 Å². The molecule has 1 aliphatic heterocycles. The van der Waals surface area contributed by atoms with Gasteiger partial charge in [0.15, 0.2) is 0 Å². The molecular weight excluding hydrogens is 242 g/mol. The van der Waals surface area contributed by atoms with Crippen molar-refractivity contribution in [3.63, 3.8) is 0 Å². The standard InChI is InChI=1S/C14H25N3S/c1-5-15-13-6-7-17(11(3)8-13)12(4)14-16-10(2)9-18-14/h9,11-13,15H,5-8H2,1-4H3. The maximum atomic E-state index is 4.64. The molecule has 1 N–H and O–H groups in total. The van der Waals surface area contributed by atoms with E-state index in [4.69, 9.17) is 0 Å². The molecular formula is C14H25N3S. The van der Waals surface area contributed by atoms with Crippen molar-refractivity contribution in [2.24, 2.45) is 0 Å². The highest BCUT2D eigenvalue weighted by atomic mass is 32.1. The van der Waals surface area contributed by atoms with Crippen LogP contribution in [-0.2, 0) is 0 Å². The molecule has 1 fully saturated rings. The average Bonchev–Trinajstić information content (AvgIpc) is 2.76. The number of piperidine rings is 1. The third-order valence-electron chi connectivity index (χ3n) is 3.91. The summed E-state index contributed by atoms with van der Waals surface area (Å²) in [7, 11) is 0. The van der Waals surface area contributed by atoms with Crippen LogP contribution in [0.25, 0.3) is 0 Å². The SMILES string of the molecule is CCNC1CCN(C(C)c2nc(C)cs2)C(C)C1. The Bertz CT molecular complexity index is 377. The van der Waals surface area contributed by atoms with E-state index in [1.54, 1.807) is 11.3 Å². The summed E-state index contributed by atoms with van der Waals surface area (Å²) in [5, 5.41) is 7.00. The van der Waals surface area contributed by atoms with Gasteiger partial charge in [0, 0.05) is 29.7 Å². The summed E-state index contributed by atoms with van der Waals surface area (Å²) >= 11 is 1.80. The van der Waals surface area contributed by atoms with E-state index >= 15 is 0 Å². The quantitative estimate of drug-likeness (QED) is 0.909. The minimum atomic E-state index is 0.460. The van der Waals surface area contributed by atoms with Gasteiger partial charge < -0.3 is 5.32 Å². The van der Waals surface area contributed by atoms with Crippen LogP contribution < -0.4 is 5.32 Å². The van der Waals surface area contributed by atoms with Crippen molar-refractivity contribution in [2.75, 3.05) is 13.1 Å². The van der Waals surface area contributed by atoms with Crippen LogP contribution in [0.5, 0.6) is 0 Å². The van der Waals surface area contributed by atoms with Crippen LogP contribution in [0.15, 0.2) is 5.38 Å². The fourth-order valence-electron chi connectivity index (χ4n) is 2.95. The maximum Gasteiger partial charge on any atom is 0.110 e. The first-order valence-corrected chi connectivity index (χ1v) is 7.91. The summed E-state index contributed by atoms with van der Waals surface area (Å²) in [5.74, 6) is 0. The lowest BCUT2D eigenvalue weighted by Crippen LogP contribution is -2.48. The largest absolute Gasteiger partial charge is 0.314 e. The zero-order chi connectivity index (χ0) is 13.1. The lowest BCUT2D eigenvalue weighted by Gasteiger charge is -2.40. The highest BCUT2D eigenvalue weighted by Crippen LogP contribution is 2.29. The molecule has 3 nitrogen and oxygen atoms in total. The van der Waals surface area contributed by atoms with Crippen LogP contribution in [0.4, 0.5) is 0 Å². The van der Waals surface area contributed by atoms with E-state index in [9.17, 15) is 0 Å². The fraction of sp³-hybridized carbons (Fsp3) is 0.786. The van der Waals surface area contributed by atoms with Crippen molar-refractivity contribution < 1.29 is 0 Å². The molecule has 1 aliphatic rings. The molecule has 0 aromatic carbocycles. The van der Waals surface area contributed by atoms with Gasteiger partial charge >= 0.3 is 0 Å². The number of aryl methyl sites for hydroxylation is 1. The number of nitrogens with zero attached hydrogens (tertiary/aromatic N) is 2. The molecule has 4 heteroatoms. The van der Waals surface area contributed by atoms with Crippen molar-refractivity contribution in [1.29, 1.82) is 0 Å². The summed E-state index contributed by atoms with van der Waals surface area (Å²) in [6.07, 6.45) is 2.51. The highest BCUT2D eigenvalue weighted by molar-refractivity contribution is 7.09. The Kier molecular flexibility index (Phi) is 4.76. The lowest BCUT2D eigenvalue weighted by molar-refractivity contribution is 0.0958. The van der Waals surface area contributed by atoms with Gasteiger partial charge in [-0.3, -0.25) is 4.90 Å². The first-order valence-electron chi connectivity index (χ1n) is 7.03. The van der Waals surface area contributed by atoms with Gasteiger partial charge in [-0.2, -0.15) is 0 Å². The average molecular weight is 267 g/mol. The highest BCUT2D eigenvalue weighted by Gasteiger charge is 2.29. The normalized spacial score (nSPS) is 27.3. The summed E-state index contributed by atoms with van der Waals surface area (Å²) in [6.45, 7) is 11.2. The Morgan fingerprint density at radius 2 is 2.39 bits per heavy atom. The second-order valence-electron chi connectivity index (χ2n) is 5.37. The fourth-order valence-corrected chi connectivity index (χ4v) is 3.82. The molecule has 1 saturated heterocycles. The van der Waals surface area contributed by atoms with Crippen molar-refractivity contribution in [1.82, 2.24) is 15.2 Å². The second kappa shape index (κ2) is 6.13. The number of aromatic nitrogens is 1. The summed E-state index contributed by atoms with van der Waals surface area (Å²) < 4.78 is 0. The first kappa shape index (κ1) is 14.0. The van der Waals surface area contributed by atoms with Crippen LogP contribution in [0, 0.1) is 6.92 Å². The molecule has 0 spiro atoms. The molecule has 2 heterocycles. The van der Waals surface area contributed by atoms with Gasteiger partial charge in [-0.05, 0) is 40.2 Å². The summed E-state index contributed by atoms with van der Waals surface area (Å²) in [6, 6.07) is 1.80. The predicted octanol–water partition coefficient (Wildman–Crippen LogP) is 2.97. The number of thiazole rings is 1. The Balaban J connectivity index is 1.97. The van der Waals surface area contributed by atoms with Crippen LogP contribution in [0.2, 0.25) is 0 Å². The van der Waals surface area contributed by atoms with Gasteiger partial charge in [-0.25, -0.2) is 4.98 Å². The molecule has 0 aliphatic carbocycles. The van der Waals surface area contributed by atoms with Crippen LogP contribution in [0.1, 0.15) is 50.4 Å². The molecule has 0 radical (unpaired) electrons. The molecule has 102 valence electrons. The van der Waals surface area contributed by atoms with Crippen molar-refractivity contribution in [3.05, 3.63) is 16.1 Å². The van der Waals surface area contributed by atoms with Crippen molar-refractivity contribution in [2.45, 2.75) is 58.7 Å². The third kappa shape index (κ3) is 3.11. The van der Waals surface area contributed by atoms with Crippen molar-refractivity contribution >= 4 is 11.3 Å². The van der Waals surface area contributed by atoms with Crippen molar-refractivity contribution in [3.8, 4) is 0 Å². The van der Waals surface area contributed by atoms with Crippen LogP contribution in [-0.4, -0.2) is 35.1 Å². The number of hydrogen-bond donors (Lipinski definition) is 1. The smallest absolute Gasteiger partial charge is 0.110 e. The molecule has 3 atom stereocenters. The van der Waals surface area contributed by atoms with E-state index in [-0.39, 0.29) is 0 Å².